The van der Waals surface area contributed by atoms with E-state index in [0.29, 0.717) is 0 Å². The SMILES string of the molecule is COCN1CCC(CN2CCC(C)CC2)CC1. The molecule has 100 valence electrons. The highest BCUT2D eigenvalue weighted by Crippen LogP contribution is 2.22. The Kier molecular flexibility index (Phi) is 5.26. The van der Waals surface area contributed by atoms with E-state index in [9.17, 15) is 0 Å². The molecule has 2 saturated heterocycles. The first kappa shape index (κ1) is 13.3. The Morgan fingerprint density at radius 2 is 1.53 bits per heavy atom. The summed E-state index contributed by atoms with van der Waals surface area (Å²) in [6, 6.07) is 0. The minimum atomic E-state index is 0.813. The van der Waals surface area contributed by atoms with Crippen LogP contribution >= 0.6 is 0 Å². The predicted molar refractivity (Wildman–Crippen MR) is 71.0 cm³/mol. The zero-order chi connectivity index (χ0) is 12.1. The van der Waals surface area contributed by atoms with Gasteiger partial charge in [-0.05, 0) is 50.6 Å². The minimum Gasteiger partial charge on any atom is -0.369 e. The molecule has 2 aliphatic heterocycles. The van der Waals surface area contributed by atoms with Gasteiger partial charge in [-0.15, -0.1) is 0 Å². The van der Waals surface area contributed by atoms with Crippen molar-refractivity contribution in [3.05, 3.63) is 0 Å². The van der Waals surface area contributed by atoms with Crippen molar-refractivity contribution in [2.45, 2.75) is 32.6 Å². The maximum absolute atomic E-state index is 5.19. The fourth-order valence-corrected chi connectivity index (χ4v) is 3.09. The van der Waals surface area contributed by atoms with Gasteiger partial charge in [0.1, 0.15) is 0 Å². The van der Waals surface area contributed by atoms with E-state index >= 15 is 0 Å². The summed E-state index contributed by atoms with van der Waals surface area (Å²) in [6.07, 6.45) is 5.52. The summed E-state index contributed by atoms with van der Waals surface area (Å²) in [5, 5.41) is 0. The Bertz CT molecular complexity index is 206. The summed E-state index contributed by atoms with van der Waals surface area (Å²) < 4.78 is 5.19. The first-order chi connectivity index (χ1) is 8.28. The van der Waals surface area contributed by atoms with Crippen molar-refractivity contribution in [1.29, 1.82) is 0 Å². The van der Waals surface area contributed by atoms with Crippen LogP contribution in [0, 0.1) is 11.8 Å². The summed E-state index contributed by atoms with van der Waals surface area (Å²) in [6.45, 7) is 9.66. The lowest BCUT2D eigenvalue weighted by Crippen LogP contribution is -2.41. The standard InChI is InChI=1S/C14H28N2O/c1-13-3-7-15(8-4-13)11-14-5-9-16(10-6-14)12-17-2/h13-14H,3-12H2,1-2H3. The number of hydrogen-bond acceptors (Lipinski definition) is 3. The maximum Gasteiger partial charge on any atom is 0.0986 e. The zero-order valence-corrected chi connectivity index (χ0v) is 11.5. The lowest BCUT2D eigenvalue weighted by atomic mass is 9.94. The number of rotatable bonds is 4. The van der Waals surface area contributed by atoms with Gasteiger partial charge in [-0.1, -0.05) is 6.92 Å². The van der Waals surface area contributed by atoms with Crippen LogP contribution in [0.2, 0.25) is 0 Å². The Labute approximate surface area is 106 Å². The van der Waals surface area contributed by atoms with Gasteiger partial charge in [0.25, 0.3) is 0 Å². The second-order valence-corrected chi connectivity index (χ2v) is 5.96. The minimum absolute atomic E-state index is 0.813. The number of likely N-dealkylation sites (tertiary alicyclic amines) is 2. The molecular weight excluding hydrogens is 212 g/mol. The van der Waals surface area contributed by atoms with Crippen LogP contribution in [0.3, 0.4) is 0 Å². The van der Waals surface area contributed by atoms with E-state index in [0.717, 1.165) is 18.6 Å². The molecule has 17 heavy (non-hydrogen) atoms. The molecule has 0 N–H and O–H groups in total. The number of hydrogen-bond donors (Lipinski definition) is 0. The zero-order valence-electron chi connectivity index (χ0n) is 11.5. The normalized spacial score (nSPS) is 26.5. The molecule has 0 bridgehead atoms. The van der Waals surface area contributed by atoms with Gasteiger partial charge in [0.2, 0.25) is 0 Å². The number of nitrogens with zero attached hydrogens (tertiary/aromatic N) is 2. The van der Waals surface area contributed by atoms with Gasteiger partial charge in [-0.25, -0.2) is 0 Å². The topological polar surface area (TPSA) is 15.7 Å². The van der Waals surface area contributed by atoms with Crippen molar-refractivity contribution in [3.8, 4) is 0 Å². The van der Waals surface area contributed by atoms with Crippen molar-refractivity contribution in [3.63, 3.8) is 0 Å². The van der Waals surface area contributed by atoms with E-state index in [1.54, 1.807) is 7.11 Å². The van der Waals surface area contributed by atoms with Crippen LogP contribution < -0.4 is 0 Å². The smallest absolute Gasteiger partial charge is 0.0986 e. The Hall–Kier alpha value is -0.120. The van der Waals surface area contributed by atoms with E-state index in [2.05, 4.69) is 16.7 Å². The van der Waals surface area contributed by atoms with Gasteiger partial charge in [0, 0.05) is 26.7 Å². The molecule has 0 atom stereocenters. The highest BCUT2D eigenvalue weighted by Gasteiger charge is 2.23. The highest BCUT2D eigenvalue weighted by atomic mass is 16.5. The van der Waals surface area contributed by atoms with Crippen molar-refractivity contribution in [1.82, 2.24) is 9.80 Å². The predicted octanol–water partition coefficient (Wildman–Crippen LogP) is 2.03. The van der Waals surface area contributed by atoms with Crippen LogP contribution in [0.5, 0.6) is 0 Å². The third-order valence-corrected chi connectivity index (χ3v) is 4.41. The van der Waals surface area contributed by atoms with Crippen LogP contribution in [-0.4, -0.2) is 56.4 Å². The first-order valence-corrected chi connectivity index (χ1v) is 7.21. The summed E-state index contributed by atoms with van der Waals surface area (Å²) in [5.74, 6) is 1.88. The van der Waals surface area contributed by atoms with Crippen LogP contribution in [0.4, 0.5) is 0 Å². The molecule has 2 fully saturated rings. The molecule has 0 amide bonds. The third kappa shape index (κ3) is 4.23. The summed E-state index contributed by atoms with van der Waals surface area (Å²) in [7, 11) is 1.79. The first-order valence-electron chi connectivity index (χ1n) is 7.21. The second-order valence-electron chi connectivity index (χ2n) is 5.96. The lowest BCUT2D eigenvalue weighted by molar-refractivity contribution is 0.0322. The van der Waals surface area contributed by atoms with E-state index in [1.807, 2.05) is 0 Å². The lowest BCUT2D eigenvalue weighted by Gasteiger charge is -2.36. The van der Waals surface area contributed by atoms with Crippen LogP contribution in [0.25, 0.3) is 0 Å². The summed E-state index contributed by atoms with van der Waals surface area (Å²) in [5.41, 5.74) is 0. The molecule has 0 aromatic heterocycles. The van der Waals surface area contributed by atoms with Gasteiger partial charge < -0.3 is 9.64 Å². The van der Waals surface area contributed by atoms with Gasteiger partial charge in [0.05, 0.1) is 6.73 Å². The molecule has 0 aromatic carbocycles. The summed E-state index contributed by atoms with van der Waals surface area (Å²) >= 11 is 0. The highest BCUT2D eigenvalue weighted by molar-refractivity contribution is 4.76. The average molecular weight is 240 g/mol. The molecule has 0 aliphatic carbocycles. The van der Waals surface area contributed by atoms with Crippen LogP contribution in [0.15, 0.2) is 0 Å². The van der Waals surface area contributed by atoms with Gasteiger partial charge in [-0.3, -0.25) is 4.90 Å². The molecule has 0 radical (unpaired) electrons. The van der Waals surface area contributed by atoms with Crippen molar-refractivity contribution in [2.75, 3.05) is 46.6 Å². The quantitative estimate of drug-likeness (QED) is 0.748. The number of ether oxygens (including phenoxy) is 1. The average Bonchev–Trinajstić information content (AvgIpc) is 2.35. The van der Waals surface area contributed by atoms with Crippen molar-refractivity contribution < 1.29 is 4.74 Å². The van der Waals surface area contributed by atoms with Crippen molar-refractivity contribution >= 4 is 0 Å². The molecule has 2 rings (SSSR count). The van der Waals surface area contributed by atoms with Gasteiger partial charge >= 0.3 is 0 Å². The van der Waals surface area contributed by atoms with E-state index in [-0.39, 0.29) is 0 Å². The van der Waals surface area contributed by atoms with E-state index < -0.39 is 0 Å². The Morgan fingerprint density at radius 1 is 0.941 bits per heavy atom. The largest absolute Gasteiger partial charge is 0.369 e. The molecule has 3 nitrogen and oxygen atoms in total. The number of piperidine rings is 2. The monoisotopic (exact) mass is 240 g/mol. The van der Waals surface area contributed by atoms with Gasteiger partial charge in [0.15, 0.2) is 0 Å². The molecule has 0 saturated carbocycles. The molecule has 2 heterocycles. The molecular formula is C14H28N2O. The Balaban J connectivity index is 1.64. The molecule has 2 aliphatic rings. The van der Waals surface area contributed by atoms with Gasteiger partial charge in [-0.2, -0.15) is 0 Å². The molecule has 3 heteroatoms. The molecule has 0 unspecified atom stereocenters. The Morgan fingerprint density at radius 3 is 2.12 bits per heavy atom. The number of methoxy groups -OCH3 is 1. The van der Waals surface area contributed by atoms with Crippen molar-refractivity contribution in [2.24, 2.45) is 11.8 Å². The third-order valence-electron chi connectivity index (χ3n) is 4.41. The maximum atomic E-state index is 5.19. The fraction of sp³-hybridized carbons (Fsp3) is 1.00. The van der Waals surface area contributed by atoms with E-state index in [1.165, 1.54) is 58.4 Å². The van der Waals surface area contributed by atoms with Crippen LogP contribution in [0.1, 0.15) is 32.6 Å². The summed E-state index contributed by atoms with van der Waals surface area (Å²) in [4.78, 5) is 5.12. The van der Waals surface area contributed by atoms with Crippen LogP contribution in [-0.2, 0) is 4.74 Å². The molecule has 0 aromatic rings. The fourth-order valence-electron chi connectivity index (χ4n) is 3.09. The van der Waals surface area contributed by atoms with E-state index in [4.69, 9.17) is 4.74 Å². The molecule has 0 spiro atoms. The second kappa shape index (κ2) is 6.72.